The summed E-state index contributed by atoms with van der Waals surface area (Å²) in [6, 6.07) is 6.49. The zero-order valence-corrected chi connectivity index (χ0v) is 18.7. The molecule has 0 aliphatic heterocycles. The van der Waals surface area contributed by atoms with Gasteiger partial charge in [0.15, 0.2) is 0 Å². The molecule has 0 unspecified atom stereocenters. The lowest BCUT2D eigenvalue weighted by Gasteiger charge is -2.19. The molecule has 8 heteroatoms. The van der Waals surface area contributed by atoms with Gasteiger partial charge in [-0.2, -0.15) is 4.37 Å². The second kappa shape index (κ2) is 11.8. The Balaban J connectivity index is 1.76. The highest BCUT2D eigenvalue weighted by molar-refractivity contribution is 7.09. The Labute approximate surface area is 177 Å². The van der Waals surface area contributed by atoms with E-state index in [1.165, 1.54) is 23.7 Å². The van der Waals surface area contributed by atoms with E-state index >= 15 is 0 Å². The maximum Gasteiger partial charge on any atom is 0.239 e. The van der Waals surface area contributed by atoms with E-state index in [9.17, 15) is 9.18 Å². The van der Waals surface area contributed by atoms with E-state index in [0.717, 1.165) is 38.0 Å². The van der Waals surface area contributed by atoms with Crippen LogP contribution in [0.25, 0.3) is 0 Å². The van der Waals surface area contributed by atoms with Gasteiger partial charge in [-0.25, -0.2) is 9.37 Å². The molecule has 1 heterocycles. The summed E-state index contributed by atoms with van der Waals surface area (Å²) in [4.78, 5) is 20.3. The van der Waals surface area contributed by atoms with Gasteiger partial charge < -0.3 is 15.1 Å². The van der Waals surface area contributed by atoms with Crippen molar-refractivity contribution in [2.45, 2.75) is 46.1 Å². The van der Waals surface area contributed by atoms with Gasteiger partial charge in [-0.3, -0.25) is 4.79 Å². The van der Waals surface area contributed by atoms with E-state index < -0.39 is 0 Å². The monoisotopic (exact) mass is 422 g/mol. The summed E-state index contributed by atoms with van der Waals surface area (Å²) >= 11 is 1.27. The highest BCUT2D eigenvalue weighted by Gasteiger charge is 2.15. The Kier molecular flexibility index (Phi) is 9.47. The van der Waals surface area contributed by atoms with Crippen LogP contribution < -0.4 is 15.1 Å². The molecule has 0 saturated heterocycles. The summed E-state index contributed by atoms with van der Waals surface area (Å²) in [7, 11) is 1.84. The van der Waals surface area contributed by atoms with Crippen molar-refractivity contribution in [1.82, 2.24) is 14.7 Å². The highest BCUT2D eigenvalue weighted by atomic mass is 32.1. The number of carbonyl (C=O) groups is 1. The van der Waals surface area contributed by atoms with Crippen molar-refractivity contribution in [2.24, 2.45) is 0 Å². The molecule has 0 spiro atoms. The zero-order valence-electron chi connectivity index (χ0n) is 17.9. The molecule has 6 nitrogen and oxygen atoms in total. The Bertz CT molecular complexity index is 748. The van der Waals surface area contributed by atoms with Crippen LogP contribution in [0, 0.1) is 5.82 Å². The topological polar surface area (TPSA) is 62.6 Å². The lowest BCUT2D eigenvalue weighted by atomic mass is 10.1. The predicted molar refractivity (Wildman–Crippen MR) is 116 cm³/mol. The number of amides is 1. The molecule has 0 fully saturated rings. The van der Waals surface area contributed by atoms with E-state index in [-0.39, 0.29) is 24.3 Å². The Morgan fingerprint density at radius 1 is 1.28 bits per heavy atom. The molecule has 1 aromatic heterocycles. The van der Waals surface area contributed by atoms with Gasteiger partial charge in [-0.15, -0.1) is 0 Å². The van der Waals surface area contributed by atoms with Gasteiger partial charge in [0.2, 0.25) is 11.0 Å². The van der Waals surface area contributed by atoms with Crippen molar-refractivity contribution >= 4 is 22.6 Å². The van der Waals surface area contributed by atoms with Crippen LogP contribution in [0.15, 0.2) is 24.3 Å². The molecule has 0 radical (unpaired) electrons. The number of nitrogens with zero attached hydrogens (tertiary/aromatic N) is 3. The number of quaternary nitrogens is 1. The van der Waals surface area contributed by atoms with Crippen molar-refractivity contribution in [3.05, 3.63) is 41.5 Å². The van der Waals surface area contributed by atoms with E-state index in [1.54, 1.807) is 17.0 Å². The molecule has 2 aromatic rings. The van der Waals surface area contributed by atoms with Gasteiger partial charge in [0.25, 0.3) is 0 Å². The molecule has 1 atom stereocenters. The van der Waals surface area contributed by atoms with Crippen molar-refractivity contribution in [1.29, 1.82) is 0 Å². The largest absolute Gasteiger partial charge is 0.352 e. The minimum absolute atomic E-state index is 0.00882. The number of hydrogen-bond acceptors (Lipinski definition) is 5. The number of rotatable bonds is 12. The Morgan fingerprint density at radius 2 is 1.97 bits per heavy atom. The molecular formula is C21H33FN5OS+. The fraction of sp³-hybridized carbons (Fsp3) is 0.571. The number of benzene rings is 1. The molecule has 2 rings (SSSR count). The first-order chi connectivity index (χ1) is 13.9. The highest BCUT2D eigenvalue weighted by Crippen LogP contribution is 2.17. The minimum atomic E-state index is -0.255. The number of carbonyl (C=O) groups excluding carboxylic acids is 1. The third kappa shape index (κ3) is 8.06. The molecule has 0 bridgehead atoms. The molecular weight excluding hydrogens is 389 g/mol. The van der Waals surface area contributed by atoms with E-state index in [0.29, 0.717) is 17.4 Å². The predicted octanol–water partition coefficient (Wildman–Crippen LogP) is 1.91. The van der Waals surface area contributed by atoms with Crippen LogP contribution >= 0.6 is 11.5 Å². The summed E-state index contributed by atoms with van der Waals surface area (Å²) in [6.45, 7) is 10.2. The van der Waals surface area contributed by atoms with E-state index in [4.69, 9.17) is 0 Å². The molecule has 160 valence electrons. The van der Waals surface area contributed by atoms with Gasteiger partial charge in [0.1, 0.15) is 11.6 Å². The number of halogens is 1. The van der Waals surface area contributed by atoms with Crippen LogP contribution in [-0.4, -0.2) is 54.5 Å². The summed E-state index contributed by atoms with van der Waals surface area (Å²) < 4.78 is 17.4. The van der Waals surface area contributed by atoms with Crippen LogP contribution in [-0.2, 0) is 11.2 Å². The van der Waals surface area contributed by atoms with Crippen molar-refractivity contribution in [3.8, 4) is 0 Å². The molecule has 0 aliphatic rings. The van der Waals surface area contributed by atoms with Crippen molar-refractivity contribution in [2.75, 3.05) is 38.1 Å². The van der Waals surface area contributed by atoms with Gasteiger partial charge in [0, 0.05) is 31.0 Å². The van der Waals surface area contributed by atoms with Crippen LogP contribution in [0.3, 0.4) is 0 Å². The second-order valence-electron chi connectivity index (χ2n) is 7.47. The maximum absolute atomic E-state index is 13.0. The first-order valence-corrected chi connectivity index (χ1v) is 11.1. The SMILES string of the molecule is CC[NH+](CC)CCC[C@H](C)NC(=O)CN(C)c1nc(Cc2ccc(F)cc2)ns1. The molecule has 29 heavy (non-hydrogen) atoms. The molecule has 0 aliphatic carbocycles. The Hall–Kier alpha value is -2.06. The summed E-state index contributed by atoms with van der Waals surface area (Å²) in [6.07, 6.45) is 2.64. The van der Waals surface area contributed by atoms with Crippen molar-refractivity contribution < 1.29 is 14.1 Å². The van der Waals surface area contributed by atoms with Gasteiger partial charge >= 0.3 is 0 Å². The first-order valence-electron chi connectivity index (χ1n) is 10.3. The number of aromatic nitrogens is 2. The average Bonchev–Trinajstić information content (AvgIpc) is 3.15. The average molecular weight is 423 g/mol. The fourth-order valence-electron chi connectivity index (χ4n) is 3.19. The van der Waals surface area contributed by atoms with E-state index in [2.05, 4.69) is 35.4 Å². The van der Waals surface area contributed by atoms with Crippen LogP contribution in [0.5, 0.6) is 0 Å². The quantitative estimate of drug-likeness (QED) is 0.549. The lowest BCUT2D eigenvalue weighted by molar-refractivity contribution is -0.896. The standard InChI is InChI=1S/C21H32FN5OS/c1-5-27(6-2)13-7-8-16(3)23-20(28)15-26(4)21-24-19(25-29-21)14-17-9-11-18(22)12-10-17/h9-12,16H,5-8,13-15H2,1-4H3,(H,23,28)/p+1/t16-/m0/s1. The summed E-state index contributed by atoms with van der Waals surface area (Å²) in [5.74, 6) is 0.413. The number of likely N-dealkylation sites (N-methyl/N-ethyl adjacent to an activating group) is 1. The Morgan fingerprint density at radius 3 is 2.62 bits per heavy atom. The maximum atomic E-state index is 13.0. The van der Waals surface area contributed by atoms with E-state index in [1.807, 2.05) is 11.9 Å². The molecule has 2 N–H and O–H groups in total. The normalized spacial score (nSPS) is 12.2. The smallest absolute Gasteiger partial charge is 0.239 e. The zero-order chi connectivity index (χ0) is 21.2. The van der Waals surface area contributed by atoms with Crippen LogP contribution in [0.2, 0.25) is 0 Å². The summed E-state index contributed by atoms with van der Waals surface area (Å²) in [5.41, 5.74) is 0.955. The van der Waals surface area contributed by atoms with Crippen LogP contribution in [0.1, 0.15) is 45.0 Å². The first kappa shape index (κ1) is 23.2. The van der Waals surface area contributed by atoms with Gasteiger partial charge in [-0.05, 0) is 51.3 Å². The van der Waals surface area contributed by atoms with Crippen molar-refractivity contribution in [3.63, 3.8) is 0 Å². The lowest BCUT2D eigenvalue weighted by Crippen LogP contribution is -3.11. The van der Waals surface area contributed by atoms with Gasteiger partial charge in [0.05, 0.1) is 26.2 Å². The number of anilines is 1. The fourth-order valence-corrected chi connectivity index (χ4v) is 3.84. The third-order valence-electron chi connectivity index (χ3n) is 5.02. The number of nitrogens with one attached hydrogen (secondary N) is 2. The third-order valence-corrected chi connectivity index (χ3v) is 5.88. The molecule has 1 amide bonds. The number of hydrogen-bond donors (Lipinski definition) is 2. The molecule has 1 aromatic carbocycles. The molecule has 0 saturated carbocycles. The van der Waals surface area contributed by atoms with Gasteiger partial charge in [-0.1, -0.05) is 12.1 Å². The summed E-state index contributed by atoms with van der Waals surface area (Å²) in [5, 5.41) is 3.78. The minimum Gasteiger partial charge on any atom is -0.352 e. The van der Waals surface area contributed by atoms with Crippen LogP contribution in [0.4, 0.5) is 9.52 Å². The second-order valence-corrected chi connectivity index (χ2v) is 8.20.